The number of hydrogen-bond donors (Lipinski definition) is 1. The van der Waals surface area contributed by atoms with Crippen LogP contribution in [-0.2, 0) is 6.54 Å². The Morgan fingerprint density at radius 3 is 3.00 bits per heavy atom. The summed E-state index contributed by atoms with van der Waals surface area (Å²) in [4.78, 5) is 22.7. The predicted octanol–water partition coefficient (Wildman–Crippen LogP) is 2.89. The van der Waals surface area contributed by atoms with Gasteiger partial charge in [0.1, 0.15) is 0 Å². The van der Waals surface area contributed by atoms with Crippen molar-refractivity contribution in [3.05, 3.63) is 46.2 Å². The molecule has 2 aromatic heterocycles. The molecule has 3 rings (SSSR count). The van der Waals surface area contributed by atoms with Gasteiger partial charge in [-0.15, -0.1) is 11.3 Å². The smallest absolute Gasteiger partial charge is 0.318 e. The number of rotatable bonds is 3. The lowest BCUT2D eigenvalue weighted by Gasteiger charge is -2.25. The van der Waals surface area contributed by atoms with Crippen LogP contribution in [0.15, 0.2) is 29.9 Å². The fraction of sp³-hybridized carbons (Fsp3) is 0.400. The first-order valence-corrected chi connectivity index (χ1v) is 7.97. The fourth-order valence-corrected chi connectivity index (χ4v) is 3.31. The molecule has 0 spiro atoms. The van der Waals surface area contributed by atoms with Crippen LogP contribution in [-0.4, -0.2) is 27.4 Å². The predicted molar refractivity (Wildman–Crippen MR) is 82.0 cm³/mol. The van der Waals surface area contributed by atoms with Crippen LogP contribution in [0.4, 0.5) is 4.79 Å². The van der Waals surface area contributed by atoms with Gasteiger partial charge < -0.3 is 10.2 Å². The third-order valence-corrected chi connectivity index (χ3v) is 4.51. The monoisotopic (exact) mass is 302 g/mol. The highest BCUT2D eigenvalue weighted by atomic mass is 32.1. The molecular formula is C15H18N4OS. The average Bonchev–Trinajstić information content (AvgIpc) is 3.14. The lowest BCUT2D eigenvalue weighted by Crippen LogP contribution is -2.39. The largest absolute Gasteiger partial charge is 0.332 e. The van der Waals surface area contributed by atoms with Gasteiger partial charge in [0.25, 0.3) is 0 Å². The van der Waals surface area contributed by atoms with Crippen molar-refractivity contribution in [1.29, 1.82) is 0 Å². The van der Waals surface area contributed by atoms with E-state index >= 15 is 0 Å². The molecule has 0 radical (unpaired) electrons. The van der Waals surface area contributed by atoms with Gasteiger partial charge >= 0.3 is 6.03 Å². The molecule has 1 fully saturated rings. The van der Waals surface area contributed by atoms with Crippen molar-refractivity contribution in [2.45, 2.75) is 32.4 Å². The number of carbonyl (C=O) groups excluding carboxylic acids is 1. The SMILES string of the molecule is Cc1nc(CNC(=O)N2CCC[C@H]2c2ccncc2)cs1. The van der Waals surface area contributed by atoms with Crippen LogP contribution in [0.5, 0.6) is 0 Å². The Kier molecular flexibility index (Phi) is 4.15. The van der Waals surface area contributed by atoms with E-state index in [-0.39, 0.29) is 12.1 Å². The standard InChI is InChI=1S/C15H18N4OS/c1-11-18-13(10-21-11)9-17-15(20)19-8-2-3-14(19)12-4-6-16-7-5-12/h4-7,10,14H,2-3,8-9H2,1H3,(H,17,20)/t14-/m0/s1. The summed E-state index contributed by atoms with van der Waals surface area (Å²) < 4.78 is 0. The maximum atomic E-state index is 12.4. The molecule has 0 aromatic carbocycles. The molecule has 1 saturated heterocycles. The van der Waals surface area contributed by atoms with Crippen LogP contribution in [0.3, 0.4) is 0 Å². The number of amides is 2. The number of thiazole rings is 1. The van der Waals surface area contributed by atoms with E-state index < -0.39 is 0 Å². The zero-order valence-corrected chi connectivity index (χ0v) is 12.8. The molecule has 0 unspecified atom stereocenters. The van der Waals surface area contributed by atoms with Crippen molar-refractivity contribution in [3.63, 3.8) is 0 Å². The summed E-state index contributed by atoms with van der Waals surface area (Å²) in [5.74, 6) is 0. The number of nitrogens with zero attached hydrogens (tertiary/aromatic N) is 3. The van der Waals surface area contributed by atoms with Gasteiger partial charge in [-0.2, -0.15) is 0 Å². The van der Waals surface area contributed by atoms with Crippen LogP contribution < -0.4 is 5.32 Å². The number of pyridine rings is 1. The van der Waals surface area contributed by atoms with Crippen molar-refractivity contribution in [1.82, 2.24) is 20.2 Å². The Bertz CT molecular complexity index is 613. The Morgan fingerprint density at radius 1 is 1.48 bits per heavy atom. The van der Waals surface area contributed by atoms with E-state index in [1.54, 1.807) is 23.7 Å². The quantitative estimate of drug-likeness (QED) is 0.948. The molecule has 1 aliphatic rings. The van der Waals surface area contributed by atoms with Crippen LogP contribution in [0.2, 0.25) is 0 Å². The van der Waals surface area contributed by atoms with E-state index in [0.717, 1.165) is 35.7 Å². The van der Waals surface area contributed by atoms with Gasteiger partial charge in [-0.3, -0.25) is 4.98 Å². The molecule has 21 heavy (non-hydrogen) atoms. The summed E-state index contributed by atoms with van der Waals surface area (Å²) in [5, 5.41) is 5.98. The van der Waals surface area contributed by atoms with E-state index in [4.69, 9.17) is 0 Å². The second-order valence-electron chi connectivity index (χ2n) is 5.15. The molecular weight excluding hydrogens is 284 g/mol. The minimum Gasteiger partial charge on any atom is -0.332 e. The van der Waals surface area contributed by atoms with E-state index in [2.05, 4.69) is 15.3 Å². The normalized spacial score (nSPS) is 18.0. The molecule has 6 heteroatoms. The van der Waals surface area contributed by atoms with Gasteiger partial charge in [-0.1, -0.05) is 0 Å². The van der Waals surface area contributed by atoms with Gasteiger partial charge in [-0.05, 0) is 37.5 Å². The second kappa shape index (κ2) is 6.22. The highest BCUT2D eigenvalue weighted by Gasteiger charge is 2.29. The summed E-state index contributed by atoms with van der Waals surface area (Å²) in [6.45, 7) is 3.26. The number of nitrogens with one attached hydrogen (secondary N) is 1. The van der Waals surface area contributed by atoms with E-state index in [1.165, 1.54) is 0 Å². The average molecular weight is 302 g/mol. The molecule has 1 N–H and O–H groups in total. The molecule has 0 bridgehead atoms. The zero-order valence-electron chi connectivity index (χ0n) is 12.0. The van der Waals surface area contributed by atoms with Gasteiger partial charge in [0.2, 0.25) is 0 Å². The Morgan fingerprint density at radius 2 is 2.29 bits per heavy atom. The van der Waals surface area contributed by atoms with Crippen molar-refractivity contribution in [2.75, 3.05) is 6.54 Å². The van der Waals surface area contributed by atoms with Crippen molar-refractivity contribution < 1.29 is 4.79 Å². The van der Waals surface area contributed by atoms with E-state index in [1.807, 2.05) is 29.3 Å². The van der Waals surface area contributed by atoms with Crippen molar-refractivity contribution >= 4 is 17.4 Å². The summed E-state index contributed by atoms with van der Waals surface area (Å²) in [7, 11) is 0. The Hall–Kier alpha value is -1.95. The fourth-order valence-electron chi connectivity index (χ4n) is 2.70. The number of carbonyl (C=O) groups is 1. The van der Waals surface area contributed by atoms with Gasteiger partial charge in [0, 0.05) is 24.3 Å². The first kappa shape index (κ1) is 14.0. The van der Waals surface area contributed by atoms with Gasteiger partial charge in [0.15, 0.2) is 0 Å². The molecule has 5 nitrogen and oxygen atoms in total. The Labute approximate surface area is 128 Å². The molecule has 2 amide bonds. The van der Waals surface area contributed by atoms with Gasteiger partial charge in [-0.25, -0.2) is 9.78 Å². The number of likely N-dealkylation sites (tertiary alicyclic amines) is 1. The van der Waals surface area contributed by atoms with Crippen molar-refractivity contribution in [3.8, 4) is 0 Å². The third kappa shape index (κ3) is 3.21. The van der Waals surface area contributed by atoms with Crippen molar-refractivity contribution in [2.24, 2.45) is 0 Å². The zero-order chi connectivity index (χ0) is 14.7. The maximum absolute atomic E-state index is 12.4. The van der Waals surface area contributed by atoms with Crippen LogP contribution in [0, 0.1) is 6.92 Å². The minimum atomic E-state index is -0.0139. The lowest BCUT2D eigenvalue weighted by molar-refractivity contribution is 0.192. The second-order valence-corrected chi connectivity index (χ2v) is 6.21. The topological polar surface area (TPSA) is 58.1 Å². The summed E-state index contributed by atoms with van der Waals surface area (Å²) in [6.07, 6.45) is 5.60. The third-order valence-electron chi connectivity index (χ3n) is 3.69. The van der Waals surface area contributed by atoms with E-state index in [0.29, 0.717) is 6.54 Å². The summed E-state index contributed by atoms with van der Waals surface area (Å²) >= 11 is 1.60. The van der Waals surface area contributed by atoms with Crippen LogP contribution >= 0.6 is 11.3 Å². The molecule has 0 saturated carbocycles. The lowest BCUT2D eigenvalue weighted by atomic mass is 10.1. The number of aromatic nitrogens is 2. The minimum absolute atomic E-state index is 0.0139. The summed E-state index contributed by atoms with van der Waals surface area (Å²) in [5.41, 5.74) is 2.08. The first-order chi connectivity index (χ1) is 10.2. The molecule has 110 valence electrons. The molecule has 2 aromatic rings. The van der Waals surface area contributed by atoms with Crippen LogP contribution in [0.1, 0.15) is 35.1 Å². The molecule has 1 atom stereocenters. The molecule has 1 aliphatic heterocycles. The van der Waals surface area contributed by atoms with Crippen LogP contribution in [0.25, 0.3) is 0 Å². The number of hydrogen-bond acceptors (Lipinski definition) is 4. The number of aryl methyl sites for hydroxylation is 1. The van der Waals surface area contributed by atoms with E-state index in [9.17, 15) is 4.79 Å². The number of urea groups is 1. The van der Waals surface area contributed by atoms with Gasteiger partial charge in [0.05, 0.1) is 23.3 Å². The first-order valence-electron chi connectivity index (χ1n) is 7.09. The summed E-state index contributed by atoms with van der Waals surface area (Å²) in [6, 6.07) is 4.12. The highest BCUT2D eigenvalue weighted by Crippen LogP contribution is 2.31. The molecule has 0 aliphatic carbocycles. The molecule has 3 heterocycles. The Balaban J connectivity index is 1.63. The highest BCUT2D eigenvalue weighted by molar-refractivity contribution is 7.09. The maximum Gasteiger partial charge on any atom is 0.318 e.